The fourth-order valence-corrected chi connectivity index (χ4v) is 5.98. The summed E-state index contributed by atoms with van der Waals surface area (Å²) in [6, 6.07) is 30.8. The maximum atomic E-state index is 13.9. The summed E-state index contributed by atoms with van der Waals surface area (Å²) < 4.78 is 66.0. The number of rotatable bonds is 14. The second-order valence-electron chi connectivity index (χ2n) is 10.9. The van der Waals surface area contributed by atoms with Gasteiger partial charge in [-0.25, -0.2) is 17.2 Å². The summed E-state index contributed by atoms with van der Waals surface area (Å²) in [6.07, 6.45) is 0. The van der Waals surface area contributed by atoms with Gasteiger partial charge in [0.15, 0.2) is 6.61 Å². The molecule has 2 N–H and O–H groups in total. The third kappa shape index (κ3) is 9.42. The van der Waals surface area contributed by atoms with Gasteiger partial charge in [-0.2, -0.15) is 0 Å². The molecule has 0 aliphatic heterocycles. The first-order valence-corrected chi connectivity index (χ1v) is 16.6. The maximum Gasteiger partial charge on any atom is 0.261 e. The number of ether oxygens (including phenoxy) is 2. The molecular formula is C37H33F2N3O6S. The van der Waals surface area contributed by atoms with Crippen molar-refractivity contribution in [2.75, 3.05) is 18.4 Å². The van der Waals surface area contributed by atoms with Crippen molar-refractivity contribution >= 4 is 27.5 Å². The molecule has 5 aromatic carbocycles. The first-order valence-electron chi connectivity index (χ1n) is 15.1. The van der Waals surface area contributed by atoms with E-state index in [1.165, 1.54) is 65.6 Å². The fourth-order valence-electron chi connectivity index (χ4n) is 4.92. The minimum atomic E-state index is -3.99. The van der Waals surface area contributed by atoms with Gasteiger partial charge in [-0.15, -0.1) is 0 Å². The van der Waals surface area contributed by atoms with Gasteiger partial charge in [0, 0.05) is 18.8 Å². The van der Waals surface area contributed by atoms with Gasteiger partial charge in [-0.3, -0.25) is 14.3 Å². The van der Waals surface area contributed by atoms with E-state index in [9.17, 15) is 26.8 Å². The molecule has 0 saturated heterocycles. The van der Waals surface area contributed by atoms with Crippen LogP contribution in [0.5, 0.6) is 11.5 Å². The third-order valence-electron chi connectivity index (χ3n) is 7.48. The van der Waals surface area contributed by atoms with Crippen LogP contribution in [-0.2, 0) is 32.7 Å². The van der Waals surface area contributed by atoms with Crippen molar-refractivity contribution in [3.63, 3.8) is 0 Å². The number of hydrogen-bond acceptors (Lipinski definition) is 6. The number of carbonyl (C=O) groups is 2. The van der Waals surface area contributed by atoms with Crippen LogP contribution in [0.4, 0.5) is 14.5 Å². The van der Waals surface area contributed by atoms with Gasteiger partial charge in [-0.05, 0) is 89.5 Å². The van der Waals surface area contributed by atoms with Crippen LogP contribution in [0.15, 0.2) is 132 Å². The molecule has 12 heteroatoms. The summed E-state index contributed by atoms with van der Waals surface area (Å²) in [5.74, 6) is -1.06. The zero-order valence-corrected chi connectivity index (χ0v) is 27.2. The summed E-state index contributed by atoms with van der Waals surface area (Å²) in [6.45, 7) is -0.340. The van der Waals surface area contributed by atoms with Gasteiger partial charge in [0.25, 0.3) is 15.9 Å². The smallest absolute Gasteiger partial charge is 0.261 e. The fraction of sp³-hybridized carbons (Fsp3) is 0.135. The number of carbonyl (C=O) groups excluding carboxylic acids is 2. The number of nitrogens with one attached hydrogen (secondary N) is 2. The molecule has 252 valence electrons. The Bertz CT molecular complexity index is 1960. The highest BCUT2D eigenvalue weighted by molar-refractivity contribution is 7.92. The zero-order valence-electron chi connectivity index (χ0n) is 26.4. The summed E-state index contributed by atoms with van der Waals surface area (Å²) in [5, 5.41) is 2.92. The largest absolute Gasteiger partial charge is 0.497 e. The molecule has 0 aromatic heterocycles. The number of halogens is 2. The van der Waals surface area contributed by atoms with Crippen molar-refractivity contribution in [3.8, 4) is 11.5 Å². The summed E-state index contributed by atoms with van der Waals surface area (Å²) in [7, 11) is -2.42. The quantitative estimate of drug-likeness (QED) is 0.143. The topological polar surface area (TPSA) is 114 Å². The number of hydrogen-bond donors (Lipinski definition) is 2. The van der Waals surface area contributed by atoms with E-state index in [0.717, 1.165) is 17.7 Å². The lowest BCUT2D eigenvalue weighted by Crippen LogP contribution is -2.45. The van der Waals surface area contributed by atoms with Crippen molar-refractivity contribution in [1.29, 1.82) is 0 Å². The molecule has 0 bridgehead atoms. The van der Waals surface area contributed by atoms with Crippen LogP contribution in [0, 0.1) is 11.6 Å². The van der Waals surface area contributed by atoms with Gasteiger partial charge in [-0.1, -0.05) is 54.6 Å². The Morgan fingerprint density at radius 2 is 1.31 bits per heavy atom. The zero-order chi connectivity index (χ0) is 34.8. The first-order chi connectivity index (χ1) is 23.6. The molecule has 0 radical (unpaired) electrons. The maximum absolute atomic E-state index is 13.9. The standard InChI is InChI=1S/C37H33F2N3O6S/c1-47-32-17-9-26(10-18-32)23-40-37(44)36(28-5-3-2-4-6-28)42(24-27-7-11-29(38)12-8-27)35(43)25-48-33-19-21-34(22-20-33)49(45,46)41-31-15-13-30(39)14-16-31/h2-22,36,41H,23-25H2,1H3,(H,40,44). The van der Waals surface area contributed by atoms with Gasteiger partial charge < -0.3 is 19.7 Å². The van der Waals surface area contributed by atoms with Crippen molar-refractivity contribution in [2.45, 2.75) is 24.0 Å². The second kappa shape index (κ2) is 15.9. The van der Waals surface area contributed by atoms with E-state index in [1.54, 1.807) is 49.6 Å². The van der Waals surface area contributed by atoms with Crippen LogP contribution in [0.3, 0.4) is 0 Å². The average molecular weight is 686 g/mol. The molecule has 5 rings (SSSR count). The lowest BCUT2D eigenvalue weighted by atomic mass is 10.0. The van der Waals surface area contributed by atoms with E-state index in [0.29, 0.717) is 16.9 Å². The van der Waals surface area contributed by atoms with Gasteiger partial charge in [0.1, 0.15) is 29.2 Å². The molecular weight excluding hydrogens is 652 g/mol. The Morgan fingerprint density at radius 3 is 1.92 bits per heavy atom. The van der Waals surface area contributed by atoms with Crippen LogP contribution < -0.4 is 19.5 Å². The molecule has 2 amide bonds. The van der Waals surface area contributed by atoms with E-state index < -0.39 is 46.1 Å². The number of sulfonamides is 1. The Morgan fingerprint density at radius 1 is 0.735 bits per heavy atom. The SMILES string of the molecule is COc1ccc(CNC(=O)C(c2ccccc2)N(Cc2ccc(F)cc2)C(=O)COc2ccc(S(=O)(=O)Nc3ccc(F)cc3)cc2)cc1. The second-order valence-corrected chi connectivity index (χ2v) is 12.6. The molecule has 1 unspecified atom stereocenters. The monoisotopic (exact) mass is 685 g/mol. The van der Waals surface area contributed by atoms with E-state index in [4.69, 9.17) is 9.47 Å². The summed E-state index contributed by atoms with van der Waals surface area (Å²) in [4.78, 5) is 29.1. The molecule has 49 heavy (non-hydrogen) atoms. The van der Waals surface area contributed by atoms with Gasteiger partial charge >= 0.3 is 0 Å². The van der Waals surface area contributed by atoms with E-state index in [1.807, 2.05) is 12.1 Å². The molecule has 5 aromatic rings. The minimum Gasteiger partial charge on any atom is -0.497 e. The number of amides is 2. The van der Waals surface area contributed by atoms with E-state index in [2.05, 4.69) is 10.0 Å². The lowest BCUT2D eigenvalue weighted by molar-refractivity contribution is -0.143. The average Bonchev–Trinajstić information content (AvgIpc) is 3.12. The first kappa shape index (κ1) is 34.6. The highest BCUT2D eigenvalue weighted by Crippen LogP contribution is 2.26. The van der Waals surface area contributed by atoms with Crippen LogP contribution in [0.1, 0.15) is 22.7 Å². The number of anilines is 1. The van der Waals surface area contributed by atoms with Crippen LogP contribution >= 0.6 is 0 Å². The number of nitrogens with zero attached hydrogens (tertiary/aromatic N) is 1. The molecule has 1 atom stereocenters. The van der Waals surface area contributed by atoms with Crippen molar-refractivity contribution in [1.82, 2.24) is 10.2 Å². The van der Waals surface area contributed by atoms with Crippen LogP contribution in [-0.4, -0.2) is 38.8 Å². The molecule has 0 fully saturated rings. The van der Waals surface area contributed by atoms with E-state index in [-0.39, 0.29) is 29.4 Å². The Hall–Kier alpha value is -5.75. The molecule has 0 heterocycles. The minimum absolute atomic E-state index is 0.0375. The van der Waals surface area contributed by atoms with Crippen molar-refractivity contribution < 1.29 is 36.3 Å². The molecule has 0 saturated carbocycles. The Kier molecular flexibility index (Phi) is 11.2. The summed E-state index contributed by atoms with van der Waals surface area (Å²) in [5.41, 5.74) is 2.14. The summed E-state index contributed by atoms with van der Waals surface area (Å²) >= 11 is 0. The number of benzene rings is 5. The third-order valence-corrected chi connectivity index (χ3v) is 8.88. The number of methoxy groups -OCH3 is 1. The van der Waals surface area contributed by atoms with Crippen LogP contribution in [0.2, 0.25) is 0 Å². The van der Waals surface area contributed by atoms with Gasteiger partial charge in [0.05, 0.1) is 12.0 Å². The predicted molar refractivity (Wildman–Crippen MR) is 180 cm³/mol. The highest BCUT2D eigenvalue weighted by Gasteiger charge is 2.32. The molecule has 9 nitrogen and oxygen atoms in total. The predicted octanol–water partition coefficient (Wildman–Crippen LogP) is 6.24. The Balaban J connectivity index is 1.35. The highest BCUT2D eigenvalue weighted by atomic mass is 32.2. The van der Waals surface area contributed by atoms with Crippen molar-refractivity contribution in [2.24, 2.45) is 0 Å². The van der Waals surface area contributed by atoms with Crippen molar-refractivity contribution in [3.05, 3.63) is 156 Å². The molecule has 0 spiro atoms. The normalized spacial score (nSPS) is 11.7. The molecule has 0 aliphatic rings. The molecule has 0 aliphatic carbocycles. The van der Waals surface area contributed by atoms with E-state index >= 15 is 0 Å². The Labute approximate surface area is 283 Å². The van der Waals surface area contributed by atoms with Gasteiger partial charge in [0.2, 0.25) is 5.91 Å². The van der Waals surface area contributed by atoms with Crippen LogP contribution in [0.25, 0.3) is 0 Å². The lowest BCUT2D eigenvalue weighted by Gasteiger charge is -2.31.